The summed E-state index contributed by atoms with van der Waals surface area (Å²) in [6.07, 6.45) is 3.24. The summed E-state index contributed by atoms with van der Waals surface area (Å²) in [5.41, 5.74) is 0. The molecule has 6 heteroatoms. The van der Waals surface area contributed by atoms with Gasteiger partial charge in [0.15, 0.2) is 5.78 Å². The second-order valence-electron chi connectivity index (χ2n) is 5.44. The Kier molecular flexibility index (Phi) is 5.11. The Hall–Kier alpha value is -1.43. The van der Waals surface area contributed by atoms with Crippen molar-refractivity contribution in [2.75, 3.05) is 39.8 Å². The van der Waals surface area contributed by atoms with Crippen molar-refractivity contribution < 1.29 is 19.1 Å². The van der Waals surface area contributed by atoms with Gasteiger partial charge >= 0.3 is 5.97 Å². The van der Waals surface area contributed by atoms with Crippen molar-refractivity contribution in [1.29, 1.82) is 0 Å². The Morgan fingerprint density at radius 3 is 2.55 bits per heavy atom. The van der Waals surface area contributed by atoms with Crippen molar-refractivity contribution in [3.05, 3.63) is 0 Å². The van der Waals surface area contributed by atoms with Crippen molar-refractivity contribution in [2.45, 2.75) is 25.7 Å². The number of methoxy groups -OCH3 is 1. The van der Waals surface area contributed by atoms with Crippen LogP contribution in [0, 0.1) is 5.92 Å². The highest BCUT2D eigenvalue weighted by Gasteiger charge is 2.34. The first-order valence-corrected chi connectivity index (χ1v) is 7.22. The second-order valence-corrected chi connectivity index (χ2v) is 5.44. The van der Waals surface area contributed by atoms with E-state index in [9.17, 15) is 14.4 Å². The van der Waals surface area contributed by atoms with Crippen molar-refractivity contribution in [3.8, 4) is 0 Å². The van der Waals surface area contributed by atoms with E-state index in [4.69, 9.17) is 0 Å². The van der Waals surface area contributed by atoms with Crippen molar-refractivity contribution in [1.82, 2.24) is 9.80 Å². The molecule has 112 valence electrons. The van der Waals surface area contributed by atoms with Crippen LogP contribution < -0.4 is 0 Å². The number of ether oxygens (including phenoxy) is 1. The molecule has 2 aliphatic heterocycles. The molecule has 1 atom stereocenters. The van der Waals surface area contributed by atoms with Crippen LogP contribution in [0.3, 0.4) is 0 Å². The van der Waals surface area contributed by atoms with Gasteiger partial charge in [0.25, 0.3) is 0 Å². The van der Waals surface area contributed by atoms with Gasteiger partial charge in [0.1, 0.15) is 5.92 Å². The van der Waals surface area contributed by atoms with Gasteiger partial charge in [0.05, 0.1) is 13.7 Å². The first-order chi connectivity index (χ1) is 9.61. The molecule has 6 nitrogen and oxygen atoms in total. The minimum atomic E-state index is -0.692. The summed E-state index contributed by atoms with van der Waals surface area (Å²) in [4.78, 5) is 39.2. The zero-order valence-corrected chi connectivity index (χ0v) is 12.0. The maximum absolute atomic E-state index is 12.1. The van der Waals surface area contributed by atoms with Crippen LogP contribution in [0.25, 0.3) is 0 Å². The summed E-state index contributed by atoms with van der Waals surface area (Å²) in [5, 5.41) is 0. The Balaban J connectivity index is 1.77. The number of carbonyl (C=O) groups is 3. The van der Waals surface area contributed by atoms with E-state index in [0.717, 1.165) is 19.6 Å². The molecule has 2 heterocycles. The molecule has 2 fully saturated rings. The van der Waals surface area contributed by atoms with Crippen LogP contribution in [0.4, 0.5) is 0 Å². The largest absolute Gasteiger partial charge is 0.468 e. The highest BCUT2D eigenvalue weighted by molar-refractivity contribution is 6.01. The third-order valence-electron chi connectivity index (χ3n) is 4.10. The predicted molar refractivity (Wildman–Crippen MR) is 72.0 cm³/mol. The summed E-state index contributed by atoms with van der Waals surface area (Å²) in [6.45, 7) is 3.40. The topological polar surface area (TPSA) is 66.9 Å². The zero-order chi connectivity index (χ0) is 14.5. The van der Waals surface area contributed by atoms with E-state index in [1.54, 1.807) is 4.90 Å². The van der Waals surface area contributed by atoms with Gasteiger partial charge in [0, 0.05) is 19.5 Å². The number of rotatable bonds is 4. The van der Waals surface area contributed by atoms with Crippen LogP contribution >= 0.6 is 0 Å². The minimum Gasteiger partial charge on any atom is -0.468 e. The number of esters is 1. The Bertz CT molecular complexity index is 391. The van der Waals surface area contributed by atoms with Crippen LogP contribution in [-0.2, 0) is 19.1 Å². The molecule has 0 N–H and O–H groups in total. The molecule has 2 rings (SSSR count). The van der Waals surface area contributed by atoms with Crippen LogP contribution in [0.2, 0.25) is 0 Å². The molecule has 1 unspecified atom stereocenters. The monoisotopic (exact) mass is 282 g/mol. The molecule has 0 aliphatic carbocycles. The van der Waals surface area contributed by atoms with E-state index >= 15 is 0 Å². The molecule has 2 saturated heterocycles. The lowest BCUT2D eigenvalue weighted by molar-refractivity contribution is -0.154. The first-order valence-electron chi connectivity index (χ1n) is 7.22. The average molecular weight is 282 g/mol. The molecule has 0 radical (unpaired) electrons. The number of nitrogens with zero attached hydrogens (tertiary/aromatic N) is 2. The number of hydrogen-bond donors (Lipinski definition) is 0. The summed E-state index contributed by atoms with van der Waals surface area (Å²) in [7, 11) is 1.28. The molecule has 0 aromatic carbocycles. The number of Topliss-reactive ketones (excluding diaryl/α,β-unsaturated/α-hetero) is 1. The molecule has 0 aromatic rings. The van der Waals surface area contributed by atoms with Crippen LogP contribution in [0.15, 0.2) is 0 Å². The summed E-state index contributed by atoms with van der Waals surface area (Å²) in [5.74, 6) is -1.38. The van der Waals surface area contributed by atoms with E-state index in [2.05, 4.69) is 9.64 Å². The predicted octanol–water partition coefficient (Wildman–Crippen LogP) is 0.0629. The lowest BCUT2D eigenvalue weighted by atomic mass is 9.95. The van der Waals surface area contributed by atoms with E-state index < -0.39 is 11.9 Å². The third-order valence-corrected chi connectivity index (χ3v) is 4.10. The highest BCUT2D eigenvalue weighted by atomic mass is 16.5. The number of hydrogen-bond acceptors (Lipinski definition) is 5. The van der Waals surface area contributed by atoms with Gasteiger partial charge in [-0.15, -0.1) is 0 Å². The Labute approximate surface area is 119 Å². The smallest absolute Gasteiger partial charge is 0.316 e. The van der Waals surface area contributed by atoms with Crippen LogP contribution in [-0.4, -0.2) is 67.3 Å². The van der Waals surface area contributed by atoms with Crippen molar-refractivity contribution in [3.63, 3.8) is 0 Å². The van der Waals surface area contributed by atoms with Gasteiger partial charge in [0.2, 0.25) is 5.91 Å². The first kappa shape index (κ1) is 15.0. The number of piperidine rings is 1. The van der Waals surface area contributed by atoms with Gasteiger partial charge < -0.3 is 14.5 Å². The van der Waals surface area contributed by atoms with Crippen LogP contribution in [0.1, 0.15) is 25.7 Å². The highest BCUT2D eigenvalue weighted by Crippen LogP contribution is 2.16. The fourth-order valence-electron chi connectivity index (χ4n) is 2.85. The van der Waals surface area contributed by atoms with Crippen molar-refractivity contribution >= 4 is 17.7 Å². The van der Waals surface area contributed by atoms with E-state index in [1.165, 1.54) is 20.0 Å². The molecule has 20 heavy (non-hydrogen) atoms. The second kappa shape index (κ2) is 6.83. The van der Waals surface area contributed by atoms with Gasteiger partial charge in [-0.25, -0.2) is 0 Å². The molecule has 0 spiro atoms. The van der Waals surface area contributed by atoms with Crippen molar-refractivity contribution in [2.24, 2.45) is 5.92 Å². The van der Waals surface area contributed by atoms with Gasteiger partial charge in [-0.2, -0.15) is 0 Å². The Morgan fingerprint density at radius 1 is 1.25 bits per heavy atom. The maximum Gasteiger partial charge on any atom is 0.316 e. The third kappa shape index (κ3) is 3.56. The molecular weight excluding hydrogens is 260 g/mol. The fraction of sp³-hybridized carbons (Fsp3) is 0.786. The lowest BCUT2D eigenvalue weighted by Gasteiger charge is -2.30. The molecule has 0 saturated carbocycles. The number of ketones is 1. The number of likely N-dealkylation sites (tertiary alicyclic amines) is 2. The summed E-state index contributed by atoms with van der Waals surface area (Å²) >= 11 is 0. The van der Waals surface area contributed by atoms with Gasteiger partial charge in [-0.1, -0.05) is 0 Å². The van der Waals surface area contributed by atoms with E-state index in [0.29, 0.717) is 19.4 Å². The summed E-state index contributed by atoms with van der Waals surface area (Å²) < 4.78 is 4.60. The zero-order valence-electron chi connectivity index (χ0n) is 12.0. The molecule has 0 bridgehead atoms. The number of carbonyl (C=O) groups excluding carboxylic acids is 3. The quantitative estimate of drug-likeness (QED) is 0.539. The maximum atomic E-state index is 12.1. The SMILES string of the molecule is COC(=O)C1CCN(C(=O)CCN2CCCC2)CC1=O. The fourth-order valence-corrected chi connectivity index (χ4v) is 2.85. The minimum absolute atomic E-state index is 0.00793. The number of amides is 1. The molecule has 1 amide bonds. The molecule has 2 aliphatic rings. The molecule has 0 aromatic heterocycles. The lowest BCUT2D eigenvalue weighted by Crippen LogP contribution is -2.47. The van der Waals surface area contributed by atoms with E-state index in [1.807, 2.05) is 0 Å². The molecular formula is C14H22N2O4. The van der Waals surface area contributed by atoms with Crippen LogP contribution in [0.5, 0.6) is 0 Å². The van der Waals surface area contributed by atoms with Gasteiger partial charge in [-0.05, 0) is 32.4 Å². The summed E-state index contributed by atoms with van der Waals surface area (Å²) in [6, 6.07) is 0. The van der Waals surface area contributed by atoms with E-state index in [-0.39, 0.29) is 18.2 Å². The normalized spacial score (nSPS) is 23.9. The standard InChI is InChI=1S/C14H22N2O4/c1-20-14(19)11-4-9-16(10-12(11)17)13(18)5-8-15-6-2-3-7-15/h11H,2-10H2,1H3. The average Bonchev–Trinajstić information content (AvgIpc) is 2.97. The van der Waals surface area contributed by atoms with Gasteiger partial charge in [-0.3, -0.25) is 14.4 Å². The Morgan fingerprint density at radius 2 is 1.95 bits per heavy atom.